The lowest BCUT2D eigenvalue weighted by Gasteiger charge is -2.11. The molecular formula is C4H10N2O2S. The Morgan fingerprint density at radius 1 is 1.44 bits per heavy atom. The van der Waals surface area contributed by atoms with Crippen LogP contribution in [0.4, 0.5) is 0 Å². The van der Waals surface area contributed by atoms with Crippen molar-refractivity contribution < 1.29 is 8.76 Å². The van der Waals surface area contributed by atoms with E-state index in [1.807, 2.05) is 0 Å². The summed E-state index contributed by atoms with van der Waals surface area (Å²) in [5.41, 5.74) is 0. The van der Waals surface area contributed by atoms with Gasteiger partial charge in [-0.25, -0.2) is 9.22 Å². The Kier molecular flexibility index (Phi) is 2.59. The maximum atomic E-state index is 10.1. The van der Waals surface area contributed by atoms with Crippen LogP contribution in [-0.2, 0) is 11.3 Å². The Labute approximate surface area is 56.6 Å². The molecule has 1 aliphatic heterocycles. The fourth-order valence-electron chi connectivity index (χ4n) is 0.919. The van der Waals surface area contributed by atoms with Gasteiger partial charge < -0.3 is 0 Å². The number of hydrogen-bond donors (Lipinski definition) is 2. The molecule has 0 spiro atoms. The van der Waals surface area contributed by atoms with E-state index in [0.29, 0.717) is 0 Å². The summed E-state index contributed by atoms with van der Waals surface area (Å²) in [7, 11) is 0. The lowest BCUT2D eigenvalue weighted by molar-refractivity contribution is 0.297. The topological polar surface area (TPSA) is 52.6 Å². The SMILES string of the molecule is O=S(O)NN1CCCC1. The van der Waals surface area contributed by atoms with E-state index in [-0.39, 0.29) is 0 Å². The molecule has 0 aliphatic carbocycles. The highest BCUT2D eigenvalue weighted by atomic mass is 32.2. The molecule has 1 atom stereocenters. The second kappa shape index (κ2) is 3.26. The Hall–Kier alpha value is 0.0300. The Morgan fingerprint density at radius 2 is 2.00 bits per heavy atom. The van der Waals surface area contributed by atoms with E-state index < -0.39 is 11.3 Å². The first-order chi connectivity index (χ1) is 4.29. The van der Waals surface area contributed by atoms with Gasteiger partial charge in [0, 0.05) is 13.1 Å². The smallest absolute Gasteiger partial charge is 0.246 e. The predicted octanol–water partition coefficient (Wildman–Crippen LogP) is -0.276. The molecule has 1 aliphatic rings. The standard InChI is InChI=1S/C4H10N2O2S/c7-9(8)5-6-3-1-2-4-6/h5H,1-4H2,(H,7,8). The first-order valence-electron chi connectivity index (χ1n) is 2.91. The monoisotopic (exact) mass is 150 g/mol. The average Bonchev–Trinajstić information content (AvgIpc) is 2.15. The minimum atomic E-state index is -1.88. The maximum Gasteiger partial charge on any atom is 0.246 e. The first kappa shape index (κ1) is 7.14. The second-order valence-electron chi connectivity index (χ2n) is 2.03. The van der Waals surface area contributed by atoms with Crippen LogP contribution in [0.5, 0.6) is 0 Å². The van der Waals surface area contributed by atoms with Gasteiger partial charge in [-0.05, 0) is 12.8 Å². The van der Waals surface area contributed by atoms with Crippen LogP contribution in [0.2, 0.25) is 0 Å². The first-order valence-corrected chi connectivity index (χ1v) is 4.02. The van der Waals surface area contributed by atoms with Crippen molar-refractivity contribution >= 4 is 11.3 Å². The molecule has 9 heavy (non-hydrogen) atoms. The highest BCUT2D eigenvalue weighted by Crippen LogP contribution is 2.03. The van der Waals surface area contributed by atoms with Crippen molar-refractivity contribution in [2.24, 2.45) is 0 Å². The summed E-state index contributed by atoms with van der Waals surface area (Å²) in [4.78, 5) is 2.40. The second-order valence-corrected chi connectivity index (χ2v) is 2.72. The van der Waals surface area contributed by atoms with E-state index >= 15 is 0 Å². The van der Waals surface area contributed by atoms with Gasteiger partial charge in [0.1, 0.15) is 0 Å². The Morgan fingerprint density at radius 3 is 2.44 bits per heavy atom. The predicted molar refractivity (Wildman–Crippen MR) is 34.7 cm³/mol. The van der Waals surface area contributed by atoms with Gasteiger partial charge >= 0.3 is 0 Å². The van der Waals surface area contributed by atoms with Crippen molar-refractivity contribution in [3.8, 4) is 0 Å². The zero-order valence-electron chi connectivity index (χ0n) is 5.04. The number of nitrogens with one attached hydrogen (secondary N) is 1. The minimum Gasteiger partial charge on any atom is -0.293 e. The largest absolute Gasteiger partial charge is 0.293 e. The van der Waals surface area contributed by atoms with Gasteiger partial charge in [0.25, 0.3) is 0 Å². The van der Waals surface area contributed by atoms with Gasteiger partial charge in [0.05, 0.1) is 0 Å². The zero-order chi connectivity index (χ0) is 6.69. The molecule has 4 nitrogen and oxygen atoms in total. The highest BCUT2D eigenvalue weighted by Gasteiger charge is 2.11. The summed E-state index contributed by atoms with van der Waals surface area (Å²) in [6.07, 6.45) is 2.23. The summed E-state index contributed by atoms with van der Waals surface area (Å²) in [5.74, 6) is 0. The van der Waals surface area contributed by atoms with E-state index in [2.05, 4.69) is 4.83 Å². The summed E-state index contributed by atoms with van der Waals surface area (Å²) in [6, 6.07) is 0. The van der Waals surface area contributed by atoms with Gasteiger partial charge in [-0.15, -0.1) is 4.83 Å². The molecule has 0 bridgehead atoms. The molecule has 0 saturated carbocycles. The molecule has 0 aromatic heterocycles. The third kappa shape index (κ3) is 2.40. The summed E-state index contributed by atoms with van der Waals surface area (Å²) in [5, 5.41) is 1.76. The van der Waals surface area contributed by atoms with E-state index in [0.717, 1.165) is 25.9 Å². The third-order valence-corrected chi connectivity index (χ3v) is 1.73. The van der Waals surface area contributed by atoms with E-state index in [1.165, 1.54) is 0 Å². The van der Waals surface area contributed by atoms with Gasteiger partial charge in [0.2, 0.25) is 11.3 Å². The molecule has 1 fully saturated rings. The van der Waals surface area contributed by atoms with Crippen molar-refractivity contribution in [1.29, 1.82) is 0 Å². The lowest BCUT2D eigenvalue weighted by Crippen LogP contribution is -2.36. The zero-order valence-corrected chi connectivity index (χ0v) is 5.86. The summed E-state index contributed by atoms with van der Waals surface area (Å²) >= 11 is -1.88. The summed E-state index contributed by atoms with van der Waals surface area (Å²) in [6.45, 7) is 1.76. The number of hydrazine groups is 1. The van der Waals surface area contributed by atoms with E-state index in [4.69, 9.17) is 4.55 Å². The van der Waals surface area contributed by atoms with Crippen molar-refractivity contribution in [2.75, 3.05) is 13.1 Å². The molecule has 1 saturated heterocycles. The quantitative estimate of drug-likeness (QED) is 0.532. The van der Waals surface area contributed by atoms with Crippen LogP contribution >= 0.6 is 0 Å². The van der Waals surface area contributed by atoms with Crippen LogP contribution in [-0.4, -0.2) is 26.9 Å². The number of nitrogens with zero attached hydrogens (tertiary/aromatic N) is 1. The van der Waals surface area contributed by atoms with E-state index in [9.17, 15) is 4.21 Å². The highest BCUT2D eigenvalue weighted by molar-refractivity contribution is 7.77. The summed E-state index contributed by atoms with van der Waals surface area (Å²) < 4.78 is 18.4. The van der Waals surface area contributed by atoms with Gasteiger partial charge in [0.15, 0.2) is 0 Å². The van der Waals surface area contributed by atoms with Crippen LogP contribution in [0.15, 0.2) is 0 Å². The Bertz CT molecular complexity index is 113. The van der Waals surface area contributed by atoms with Crippen LogP contribution < -0.4 is 4.83 Å². The maximum absolute atomic E-state index is 10.1. The molecule has 0 aromatic carbocycles. The van der Waals surface area contributed by atoms with Crippen LogP contribution in [0, 0.1) is 0 Å². The lowest BCUT2D eigenvalue weighted by atomic mass is 10.4. The molecule has 1 unspecified atom stereocenters. The normalized spacial score (nSPS) is 24.6. The van der Waals surface area contributed by atoms with Crippen LogP contribution in [0.25, 0.3) is 0 Å². The molecule has 2 N–H and O–H groups in total. The molecule has 54 valence electrons. The third-order valence-electron chi connectivity index (χ3n) is 1.31. The van der Waals surface area contributed by atoms with Crippen molar-refractivity contribution in [3.05, 3.63) is 0 Å². The molecule has 0 amide bonds. The van der Waals surface area contributed by atoms with E-state index in [1.54, 1.807) is 5.01 Å². The number of hydrogen-bond acceptors (Lipinski definition) is 2. The van der Waals surface area contributed by atoms with Crippen molar-refractivity contribution in [3.63, 3.8) is 0 Å². The molecule has 1 heterocycles. The number of rotatable bonds is 2. The minimum absolute atomic E-state index is 0.881. The van der Waals surface area contributed by atoms with Crippen molar-refractivity contribution in [2.45, 2.75) is 12.8 Å². The molecule has 0 aromatic rings. The van der Waals surface area contributed by atoms with Gasteiger partial charge in [-0.1, -0.05) is 0 Å². The van der Waals surface area contributed by atoms with Crippen LogP contribution in [0.3, 0.4) is 0 Å². The van der Waals surface area contributed by atoms with Crippen molar-refractivity contribution in [1.82, 2.24) is 9.84 Å². The molecule has 0 radical (unpaired) electrons. The Balaban J connectivity index is 2.19. The van der Waals surface area contributed by atoms with Gasteiger partial charge in [-0.3, -0.25) is 4.55 Å². The fourth-order valence-corrected chi connectivity index (χ4v) is 1.32. The molecule has 5 heteroatoms. The molecule has 1 rings (SSSR count). The fraction of sp³-hybridized carbons (Fsp3) is 1.00. The van der Waals surface area contributed by atoms with Crippen LogP contribution in [0.1, 0.15) is 12.8 Å². The molecular weight excluding hydrogens is 140 g/mol. The average molecular weight is 150 g/mol. The van der Waals surface area contributed by atoms with Gasteiger partial charge in [-0.2, -0.15) is 0 Å².